The minimum Gasteiger partial charge on any atom is -0.486 e. The van der Waals surface area contributed by atoms with E-state index in [4.69, 9.17) is 32.7 Å². The monoisotopic (exact) mass is 1030 g/mol. The summed E-state index contributed by atoms with van der Waals surface area (Å²) in [4.78, 5) is 26.0. The number of fused-ring (bicyclic) bond motifs is 5. The number of halogens is 2. The van der Waals surface area contributed by atoms with E-state index < -0.39 is 26.2 Å². The molecule has 0 amide bonds. The van der Waals surface area contributed by atoms with Crippen molar-refractivity contribution < 1.29 is 49.4 Å². The third kappa shape index (κ3) is 11.8. The summed E-state index contributed by atoms with van der Waals surface area (Å²) in [6.45, 7) is 12.2. The summed E-state index contributed by atoms with van der Waals surface area (Å²) in [5.74, 6) is 3.17. The third-order valence-corrected chi connectivity index (χ3v) is 19.0. The molecule has 6 N–H and O–H groups in total. The minimum atomic E-state index is -1.77. The summed E-state index contributed by atoms with van der Waals surface area (Å²) >= 11 is 13.9. The summed E-state index contributed by atoms with van der Waals surface area (Å²) in [6, 6.07) is 19.2. The molecular formula is C59H74B2Cl2O10. The number of aromatic carboxylic acids is 2. The Morgan fingerprint density at radius 2 is 1.23 bits per heavy atom. The molecule has 9 atom stereocenters. The molecule has 4 aliphatic rings. The highest BCUT2D eigenvalue weighted by atomic mass is 35.5. The lowest BCUT2D eigenvalue weighted by Gasteiger charge is -2.61. The van der Waals surface area contributed by atoms with Gasteiger partial charge in [-0.2, -0.15) is 0 Å². The van der Waals surface area contributed by atoms with Crippen LogP contribution in [-0.4, -0.2) is 56.5 Å². The molecule has 4 aromatic carbocycles. The predicted octanol–water partition coefficient (Wildman–Crippen LogP) is 11.9. The molecule has 8 rings (SSSR count). The molecule has 0 saturated heterocycles. The van der Waals surface area contributed by atoms with Crippen LogP contribution in [0.15, 0.2) is 78.9 Å². The highest BCUT2D eigenvalue weighted by Gasteiger charge is 2.60. The highest BCUT2D eigenvalue weighted by Crippen LogP contribution is 2.69. The molecule has 0 aliphatic heterocycles. The van der Waals surface area contributed by atoms with Gasteiger partial charge in [0.25, 0.3) is 0 Å². The quantitative estimate of drug-likeness (QED) is 0.0468. The van der Waals surface area contributed by atoms with Crippen LogP contribution in [0.1, 0.15) is 167 Å². The first-order valence-electron chi connectivity index (χ1n) is 26.8. The Morgan fingerprint density at radius 1 is 0.699 bits per heavy atom. The number of carboxylic acids is 2. The van der Waals surface area contributed by atoms with Crippen LogP contribution < -0.4 is 20.4 Å². The topological polar surface area (TPSA) is 174 Å². The Morgan fingerprint density at radius 3 is 1.77 bits per heavy atom. The van der Waals surface area contributed by atoms with Crippen molar-refractivity contribution in [2.45, 2.75) is 138 Å². The molecule has 0 heterocycles. The van der Waals surface area contributed by atoms with Crippen LogP contribution in [0.4, 0.5) is 0 Å². The van der Waals surface area contributed by atoms with Crippen molar-refractivity contribution in [3.8, 4) is 11.5 Å². The molecule has 14 heteroatoms. The van der Waals surface area contributed by atoms with Crippen LogP contribution in [0, 0.1) is 58.2 Å². The van der Waals surface area contributed by atoms with Gasteiger partial charge in [0.2, 0.25) is 0 Å². The van der Waals surface area contributed by atoms with Crippen molar-refractivity contribution >= 4 is 65.9 Å². The Bertz CT molecular complexity index is 2530. The maximum absolute atomic E-state index is 13.0. The number of carboxylic acid groups (broad SMARTS) is 2. The fourth-order valence-corrected chi connectivity index (χ4v) is 15.3. The SMILES string of the molecule is CC(C)CCC[C@@H](C)[C@H]1CC[C@H]2[C@@H]3CC[C@H]4C[C@@H](CCC=C(c5cc(Cl)c(OCc6ccccc6B(O)O)c(C(=O)O)c5)c5cc(Cl)c(OCc6ccccc6B(O)O)c(C(=O)O)c5)CC[C@]4(C)[C@H]3CC[C@]12C. The van der Waals surface area contributed by atoms with Crippen LogP contribution in [0.25, 0.3) is 5.57 Å². The second-order valence-electron chi connectivity index (χ2n) is 23.0. The molecule has 390 valence electrons. The van der Waals surface area contributed by atoms with E-state index in [1.165, 1.54) is 94.9 Å². The van der Waals surface area contributed by atoms with E-state index in [-0.39, 0.29) is 56.8 Å². The van der Waals surface area contributed by atoms with Crippen molar-refractivity contribution in [2.24, 2.45) is 58.2 Å². The van der Waals surface area contributed by atoms with Crippen molar-refractivity contribution in [3.63, 3.8) is 0 Å². The number of carbonyl (C=O) groups is 2. The van der Waals surface area contributed by atoms with Gasteiger partial charge >= 0.3 is 26.2 Å². The fourth-order valence-electron chi connectivity index (χ4n) is 14.7. The molecule has 10 nitrogen and oxygen atoms in total. The molecule has 4 aliphatic carbocycles. The molecule has 4 fully saturated rings. The van der Waals surface area contributed by atoms with Crippen LogP contribution in [0.5, 0.6) is 11.5 Å². The van der Waals surface area contributed by atoms with E-state index in [0.29, 0.717) is 56.9 Å². The molecular weight excluding hydrogens is 961 g/mol. The molecule has 0 radical (unpaired) electrons. The van der Waals surface area contributed by atoms with Gasteiger partial charge in [-0.25, -0.2) is 9.59 Å². The van der Waals surface area contributed by atoms with E-state index in [1.807, 2.05) is 6.08 Å². The first-order chi connectivity index (χ1) is 34.8. The second-order valence-corrected chi connectivity index (χ2v) is 23.8. The highest BCUT2D eigenvalue weighted by molar-refractivity contribution is 6.59. The van der Waals surface area contributed by atoms with E-state index >= 15 is 0 Å². The summed E-state index contributed by atoms with van der Waals surface area (Å²) < 4.78 is 12.0. The van der Waals surface area contributed by atoms with Gasteiger partial charge in [-0.1, -0.05) is 132 Å². The number of benzene rings is 4. The number of allylic oxidation sites excluding steroid dienone is 1. The Balaban J connectivity index is 1.05. The molecule has 0 bridgehead atoms. The first kappa shape index (κ1) is 55.0. The van der Waals surface area contributed by atoms with Gasteiger partial charge in [0.15, 0.2) is 11.5 Å². The van der Waals surface area contributed by atoms with Gasteiger partial charge in [0, 0.05) is 0 Å². The fraction of sp³-hybridized carbons (Fsp3) is 0.525. The Labute approximate surface area is 442 Å². The number of hydrogen-bond donors (Lipinski definition) is 6. The maximum atomic E-state index is 13.0. The van der Waals surface area contributed by atoms with E-state index in [0.717, 1.165) is 48.3 Å². The van der Waals surface area contributed by atoms with Crippen molar-refractivity contribution in [2.75, 3.05) is 0 Å². The zero-order valence-electron chi connectivity index (χ0n) is 43.2. The standard InChI is InChI=1S/C59H74B2Cl2O10/c1-35(2)12-10-13-36(3)47-22-23-48-44-21-20-42-28-37(24-26-58(42,4)49(44)25-27-59(47,48)5)14-11-17-43(40-29-45(56(64)65)54(52(62)31-40)72-33-38-15-6-8-18-50(38)60(68)69)41-30-46(57(66)67)55(53(63)32-41)73-34-39-16-7-9-19-51(39)61(70)71/h6-9,15-19,29-32,35-37,42,44,47-49,68-71H,10-14,20-28,33-34H2,1-5H3,(H,64,65)(H,66,67)/t36-,37+,42+,44+,47-,48+,49+,58+,59-/m1/s1. The Kier molecular flexibility index (Phi) is 17.5. The van der Waals surface area contributed by atoms with E-state index in [1.54, 1.807) is 48.5 Å². The summed E-state index contributed by atoms with van der Waals surface area (Å²) in [7, 11) is -3.54. The molecule has 4 saturated carbocycles. The number of ether oxygens (including phenoxy) is 2. The molecule has 73 heavy (non-hydrogen) atoms. The first-order valence-corrected chi connectivity index (χ1v) is 27.5. The van der Waals surface area contributed by atoms with E-state index in [2.05, 4.69) is 34.6 Å². The lowest BCUT2D eigenvalue weighted by molar-refractivity contribution is -0.121. The van der Waals surface area contributed by atoms with Crippen LogP contribution in [0.3, 0.4) is 0 Å². The van der Waals surface area contributed by atoms with Crippen LogP contribution >= 0.6 is 23.2 Å². The second kappa shape index (κ2) is 23.3. The molecule has 4 aromatic rings. The van der Waals surface area contributed by atoms with Gasteiger partial charge in [0.05, 0.1) is 10.0 Å². The maximum Gasteiger partial charge on any atom is 0.488 e. The zero-order chi connectivity index (χ0) is 52.4. The van der Waals surface area contributed by atoms with Crippen molar-refractivity contribution in [3.05, 3.63) is 122 Å². The number of hydrogen-bond acceptors (Lipinski definition) is 8. The molecule has 0 aromatic heterocycles. The Hall–Kier alpha value is -4.29. The average Bonchev–Trinajstić information content (AvgIpc) is 3.71. The van der Waals surface area contributed by atoms with Gasteiger partial charge in [0.1, 0.15) is 24.3 Å². The summed E-state index contributed by atoms with van der Waals surface area (Å²) in [6.07, 6.45) is 19.3. The normalized spacial score (nSPS) is 25.8. The zero-order valence-corrected chi connectivity index (χ0v) is 44.7. The lowest BCUT2D eigenvalue weighted by Crippen LogP contribution is -2.53. The third-order valence-electron chi connectivity index (χ3n) is 18.5. The van der Waals surface area contributed by atoms with E-state index in [9.17, 15) is 39.9 Å². The van der Waals surface area contributed by atoms with Gasteiger partial charge in [-0.3, -0.25) is 0 Å². The predicted molar refractivity (Wildman–Crippen MR) is 291 cm³/mol. The van der Waals surface area contributed by atoms with Crippen LogP contribution in [-0.2, 0) is 13.2 Å². The largest absolute Gasteiger partial charge is 0.488 e. The lowest BCUT2D eigenvalue weighted by atomic mass is 9.44. The summed E-state index contributed by atoms with van der Waals surface area (Å²) in [5.41, 5.74) is 2.95. The van der Waals surface area contributed by atoms with Gasteiger partial charge in [-0.15, -0.1) is 0 Å². The number of rotatable bonds is 20. The van der Waals surface area contributed by atoms with Crippen LogP contribution in [0.2, 0.25) is 10.0 Å². The summed E-state index contributed by atoms with van der Waals surface area (Å²) in [5, 5.41) is 61.0. The average molecular weight is 1040 g/mol. The molecule has 0 unspecified atom stereocenters. The van der Waals surface area contributed by atoms with Crippen molar-refractivity contribution in [1.82, 2.24) is 0 Å². The van der Waals surface area contributed by atoms with Crippen molar-refractivity contribution in [1.29, 1.82) is 0 Å². The minimum absolute atomic E-state index is 0.00783. The van der Waals surface area contributed by atoms with Gasteiger partial charge < -0.3 is 39.8 Å². The molecule has 0 spiro atoms. The smallest absolute Gasteiger partial charge is 0.486 e. The van der Waals surface area contributed by atoms with Gasteiger partial charge in [-0.05, 0) is 192 Å².